The molecule has 8 nitrogen and oxygen atoms in total. The van der Waals surface area contributed by atoms with Crippen LogP contribution in [-0.2, 0) is 20.9 Å². The number of aliphatic hydroxyl groups is 1. The summed E-state index contributed by atoms with van der Waals surface area (Å²) < 4.78 is 5.44. The van der Waals surface area contributed by atoms with Crippen molar-refractivity contribution in [1.29, 1.82) is 0 Å². The minimum Gasteiger partial charge on any atom is -0.456 e. The zero-order valence-corrected chi connectivity index (χ0v) is 16.2. The van der Waals surface area contributed by atoms with E-state index in [1.54, 1.807) is 6.92 Å². The van der Waals surface area contributed by atoms with Gasteiger partial charge in [-0.3, -0.25) is 14.9 Å². The van der Waals surface area contributed by atoms with Gasteiger partial charge in [-0.05, 0) is 42.2 Å². The molecule has 0 saturated carbocycles. The molecule has 4 rings (SSSR count). The molecule has 0 aliphatic carbocycles. The van der Waals surface area contributed by atoms with Crippen molar-refractivity contribution in [3.8, 4) is 0 Å². The van der Waals surface area contributed by atoms with Gasteiger partial charge < -0.3 is 14.7 Å². The van der Waals surface area contributed by atoms with Gasteiger partial charge in [0.15, 0.2) is 0 Å². The van der Waals surface area contributed by atoms with Gasteiger partial charge >= 0.3 is 5.97 Å². The first kappa shape index (κ1) is 19.8. The fraction of sp³-hybridized carbons (Fsp3) is 0.273. The maximum atomic E-state index is 12.9. The van der Waals surface area contributed by atoms with E-state index in [1.165, 1.54) is 29.2 Å². The van der Waals surface area contributed by atoms with Crippen LogP contribution in [0.4, 0.5) is 5.69 Å². The molecule has 0 radical (unpaired) electrons. The molecule has 1 fully saturated rings. The molecule has 8 heteroatoms. The summed E-state index contributed by atoms with van der Waals surface area (Å²) in [6, 6.07) is 14.8. The smallest absolute Gasteiger partial charge is 0.355 e. The van der Waals surface area contributed by atoms with E-state index in [1.807, 2.05) is 30.3 Å². The van der Waals surface area contributed by atoms with E-state index in [-0.39, 0.29) is 29.9 Å². The number of nitro groups is 1. The summed E-state index contributed by atoms with van der Waals surface area (Å²) in [5, 5.41) is 20.7. The van der Waals surface area contributed by atoms with Crippen LogP contribution in [0.15, 0.2) is 60.3 Å². The molecule has 2 aliphatic rings. The van der Waals surface area contributed by atoms with E-state index in [4.69, 9.17) is 4.74 Å². The standard InChI is InChI=1S/C22H20N2O6/c1-13(25)19-18-11-17(15-5-3-2-4-6-15)20(23(18)21(19)26)22(27)30-12-14-7-9-16(10-8-14)24(28)29/h2-10,13,18-19,25H,11-12H2,1H3/t13-,18-,19-/m1/s1. The molecule has 154 valence electrons. The minimum atomic E-state index is -0.800. The number of hydrogen-bond acceptors (Lipinski definition) is 6. The summed E-state index contributed by atoms with van der Waals surface area (Å²) in [6.07, 6.45) is -0.334. The fourth-order valence-corrected chi connectivity index (χ4v) is 4.09. The van der Waals surface area contributed by atoms with Gasteiger partial charge in [0, 0.05) is 12.1 Å². The molecule has 0 unspecified atom stereocenters. The van der Waals surface area contributed by atoms with Crippen LogP contribution in [0.3, 0.4) is 0 Å². The summed E-state index contributed by atoms with van der Waals surface area (Å²) in [4.78, 5) is 37.2. The molecule has 0 spiro atoms. The van der Waals surface area contributed by atoms with Crippen LogP contribution < -0.4 is 0 Å². The number of β-lactam (4-membered cyclic amide) rings is 1. The van der Waals surface area contributed by atoms with Gasteiger partial charge in [0.05, 0.1) is 23.0 Å². The van der Waals surface area contributed by atoms with Gasteiger partial charge in [0.25, 0.3) is 5.69 Å². The average Bonchev–Trinajstić information content (AvgIpc) is 3.07. The van der Waals surface area contributed by atoms with Crippen molar-refractivity contribution in [2.75, 3.05) is 0 Å². The summed E-state index contributed by atoms with van der Waals surface area (Å²) in [5.74, 6) is -1.46. The molecule has 0 aromatic heterocycles. The zero-order valence-electron chi connectivity index (χ0n) is 16.2. The molecule has 2 aromatic carbocycles. The summed E-state index contributed by atoms with van der Waals surface area (Å²) in [5.41, 5.74) is 2.29. The van der Waals surface area contributed by atoms with Crippen LogP contribution in [0, 0.1) is 16.0 Å². The van der Waals surface area contributed by atoms with Crippen LogP contribution in [0.2, 0.25) is 0 Å². The highest BCUT2D eigenvalue weighted by Gasteiger charge is 2.57. The van der Waals surface area contributed by atoms with Crippen LogP contribution >= 0.6 is 0 Å². The number of amides is 1. The third-order valence-corrected chi connectivity index (χ3v) is 5.56. The quantitative estimate of drug-likeness (QED) is 0.341. The largest absolute Gasteiger partial charge is 0.456 e. The van der Waals surface area contributed by atoms with Crippen LogP contribution in [-0.4, -0.2) is 39.0 Å². The van der Waals surface area contributed by atoms with E-state index >= 15 is 0 Å². The Morgan fingerprint density at radius 3 is 2.50 bits per heavy atom. The maximum Gasteiger partial charge on any atom is 0.355 e. The van der Waals surface area contributed by atoms with E-state index in [0.717, 1.165) is 5.56 Å². The number of hydrogen-bond donors (Lipinski definition) is 1. The molecule has 2 heterocycles. The predicted molar refractivity (Wildman–Crippen MR) is 107 cm³/mol. The number of esters is 1. The highest BCUT2D eigenvalue weighted by Crippen LogP contribution is 2.47. The number of rotatable bonds is 6. The van der Waals surface area contributed by atoms with E-state index in [2.05, 4.69) is 0 Å². The van der Waals surface area contributed by atoms with Crippen molar-refractivity contribution < 1.29 is 24.4 Å². The molecule has 30 heavy (non-hydrogen) atoms. The lowest BCUT2D eigenvalue weighted by Crippen LogP contribution is -2.61. The SMILES string of the molecule is C[C@@H](O)[C@H]1C(=O)N2C(C(=O)OCc3ccc([N+](=O)[O-])cc3)=C(c3ccccc3)C[C@H]12. The van der Waals surface area contributed by atoms with Crippen LogP contribution in [0.25, 0.3) is 5.57 Å². The van der Waals surface area contributed by atoms with Gasteiger partial charge in [-0.1, -0.05) is 30.3 Å². The Balaban J connectivity index is 1.57. The normalized spacial score (nSPS) is 21.1. The Morgan fingerprint density at radius 2 is 1.90 bits per heavy atom. The number of benzene rings is 2. The summed E-state index contributed by atoms with van der Waals surface area (Å²) >= 11 is 0. The molecule has 1 N–H and O–H groups in total. The highest BCUT2D eigenvalue weighted by molar-refractivity contribution is 6.06. The fourth-order valence-electron chi connectivity index (χ4n) is 4.09. The third-order valence-electron chi connectivity index (χ3n) is 5.56. The third kappa shape index (κ3) is 3.35. The van der Waals surface area contributed by atoms with Crippen LogP contribution in [0.5, 0.6) is 0 Å². The molecule has 2 aliphatic heterocycles. The van der Waals surface area contributed by atoms with Gasteiger partial charge in [0.1, 0.15) is 12.3 Å². The van der Waals surface area contributed by atoms with Crippen molar-refractivity contribution in [3.63, 3.8) is 0 Å². The van der Waals surface area contributed by atoms with Gasteiger partial charge in [0.2, 0.25) is 5.91 Å². The second-order valence-corrected chi connectivity index (χ2v) is 7.44. The second kappa shape index (κ2) is 7.72. The molecule has 3 atom stereocenters. The zero-order chi connectivity index (χ0) is 21.4. The maximum absolute atomic E-state index is 12.9. The van der Waals surface area contributed by atoms with Crippen molar-refractivity contribution in [2.24, 2.45) is 5.92 Å². The Kier molecular flexibility index (Phi) is 5.09. The molecular weight excluding hydrogens is 388 g/mol. The molecule has 2 aromatic rings. The molecule has 1 amide bonds. The second-order valence-electron chi connectivity index (χ2n) is 7.44. The van der Waals surface area contributed by atoms with E-state index < -0.39 is 22.9 Å². The van der Waals surface area contributed by atoms with Gasteiger partial charge in [-0.25, -0.2) is 4.79 Å². The number of carbonyl (C=O) groups excluding carboxylic acids is 2. The first-order valence-corrected chi connectivity index (χ1v) is 9.58. The number of nitrogens with zero attached hydrogens (tertiary/aromatic N) is 2. The molecule has 0 bridgehead atoms. The number of fused-ring (bicyclic) bond motifs is 1. The Morgan fingerprint density at radius 1 is 1.23 bits per heavy atom. The van der Waals surface area contributed by atoms with Crippen molar-refractivity contribution in [2.45, 2.75) is 32.1 Å². The number of carbonyl (C=O) groups is 2. The number of ether oxygens (including phenoxy) is 1. The average molecular weight is 408 g/mol. The molecule has 1 saturated heterocycles. The number of non-ortho nitro benzene ring substituents is 1. The summed E-state index contributed by atoms with van der Waals surface area (Å²) in [7, 11) is 0. The van der Waals surface area contributed by atoms with Crippen molar-refractivity contribution in [1.82, 2.24) is 4.90 Å². The Bertz CT molecular complexity index is 1030. The van der Waals surface area contributed by atoms with Crippen molar-refractivity contribution >= 4 is 23.1 Å². The lowest BCUT2D eigenvalue weighted by atomic mass is 9.82. The number of nitro benzene ring substituents is 1. The lowest BCUT2D eigenvalue weighted by molar-refractivity contribution is -0.384. The lowest BCUT2D eigenvalue weighted by Gasteiger charge is -2.44. The van der Waals surface area contributed by atoms with Gasteiger partial charge in [-0.2, -0.15) is 0 Å². The van der Waals surface area contributed by atoms with Gasteiger partial charge in [-0.15, -0.1) is 0 Å². The van der Waals surface area contributed by atoms with E-state index in [0.29, 0.717) is 17.6 Å². The Hall–Kier alpha value is -3.52. The first-order valence-electron chi connectivity index (χ1n) is 9.58. The first-order chi connectivity index (χ1) is 14.4. The predicted octanol–water partition coefficient (Wildman–Crippen LogP) is 2.66. The minimum absolute atomic E-state index is 0.0480. The number of aliphatic hydroxyl groups excluding tert-OH is 1. The highest BCUT2D eigenvalue weighted by atomic mass is 16.6. The van der Waals surface area contributed by atoms with E-state index in [9.17, 15) is 24.8 Å². The van der Waals surface area contributed by atoms with Crippen LogP contribution in [0.1, 0.15) is 24.5 Å². The van der Waals surface area contributed by atoms with Crippen molar-refractivity contribution in [3.05, 3.63) is 81.5 Å². The Labute approximate surface area is 172 Å². The molecular formula is C22H20N2O6. The monoisotopic (exact) mass is 408 g/mol. The topological polar surface area (TPSA) is 110 Å². The summed E-state index contributed by atoms with van der Waals surface area (Å²) in [6.45, 7) is 1.50.